The van der Waals surface area contributed by atoms with Crippen molar-refractivity contribution in [2.24, 2.45) is 0 Å². The van der Waals surface area contributed by atoms with Crippen molar-refractivity contribution in [3.63, 3.8) is 0 Å². The Morgan fingerprint density at radius 2 is 1.91 bits per heavy atom. The molecule has 0 spiro atoms. The Labute approximate surface area is 131 Å². The molecule has 23 heavy (non-hydrogen) atoms. The molecule has 0 fully saturated rings. The highest BCUT2D eigenvalue weighted by molar-refractivity contribution is 5.44. The quantitative estimate of drug-likeness (QED) is 0.761. The van der Waals surface area contributed by atoms with Gasteiger partial charge in [-0.25, -0.2) is 4.98 Å². The molecule has 1 heterocycles. The number of nitrogens with zero attached hydrogens (tertiary/aromatic N) is 2. The van der Waals surface area contributed by atoms with Gasteiger partial charge in [0.15, 0.2) is 5.69 Å². The zero-order valence-corrected chi connectivity index (χ0v) is 12.5. The maximum Gasteiger partial charge on any atom is 0.433 e. The minimum atomic E-state index is -4.57. The van der Waals surface area contributed by atoms with Gasteiger partial charge >= 0.3 is 6.18 Å². The van der Waals surface area contributed by atoms with Crippen molar-refractivity contribution in [1.82, 2.24) is 9.97 Å². The van der Waals surface area contributed by atoms with E-state index in [9.17, 15) is 13.2 Å². The molecule has 0 aliphatic carbocycles. The molecule has 2 rings (SSSR count). The fourth-order valence-electron chi connectivity index (χ4n) is 1.94. The number of anilines is 2. The van der Waals surface area contributed by atoms with Crippen LogP contribution < -0.4 is 10.6 Å². The van der Waals surface area contributed by atoms with Crippen LogP contribution in [0.4, 0.5) is 24.9 Å². The first-order chi connectivity index (χ1) is 10.9. The number of rotatable bonds is 6. The van der Waals surface area contributed by atoms with E-state index < -0.39 is 11.9 Å². The van der Waals surface area contributed by atoms with Crippen molar-refractivity contribution in [3.8, 4) is 0 Å². The average molecular weight is 326 g/mol. The van der Waals surface area contributed by atoms with Gasteiger partial charge in [-0.3, -0.25) is 0 Å². The highest BCUT2D eigenvalue weighted by atomic mass is 19.4. The third-order valence-electron chi connectivity index (χ3n) is 2.97. The fourth-order valence-corrected chi connectivity index (χ4v) is 1.94. The molecule has 0 bridgehead atoms. The van der Waals surface area contributed by atoms with Gasteiger partial charge in [0.25, 0.3) is 0 Å². The summed E-state index contributed by atoms with van der Waals surface area (Å²) in [5.74, 6) is -0.116. The van der Waals surface area contributed by atoms with E-state index in [1.165, 1.54) is 0 Å². The Kier molecular flexibility index (Phi) is 5.38. The molecule has 0 aliphatic rings. The zero-order chi connectivity index (χ0) is 16.9. The SMILES string of the molecule is Cc1cccc(CNc2cc(C(F)(F)F)nc(NCCO)n2)c1. The number of halogens is 3. The first kappa shape index (κ1) is 17.0. The summed E-state index contributed by atoms with van der Waals surface area (Å²) in [6.07, 6.45) is -4.57. The van der Waals surface area contributed by atoms with E-state index in [0.717, 1.165) is 17.2 Å². The van der Waals surface area contributed by atoms with E-state index in [1.807, 2.05) is 31.2 Å². The van der Waals surface area contributed by atoms with E-state index in [-0.39, 0.29) is 24.9 Å². The molecule has 2 aromatic rings. The monoisotopic (exact) mass is 326 g/mol. The number of aromatic nitrogens is 2. The Balaban J connectivity index is 2.19. The largest absolute Gasteiger partial charge is 0.433 e. The number of hydrogen-bond acceptors (Lipinski definition) is 5. The summed E-state index contributed by atoms with van der Waals surface area (Å²) in [6.45, 7) is 2.12. The van der Waals surface area contributed by atoms with Crippen molar-refractivity contribution < 1.29 is 18.3 Å². The van der Waals surface area contributed by atoms with Crippen LogP contribution in [0.5, 0.6) is 0 Å². The minimum absolute atomic E-state index is 0.0641. The Morgan fingerprint density at radius 1 is 1.13 bits per heavy atom. The van der Waals surface area contributed by atoms with Crippen molar-refractivity contribution in [2.75, 3.05) is 23.8 Å². The maximum absolute atomic E-state index is 12.9. The summed E-state index contributed by atoms with van der Waals surface area (Å²) in [4.78, 5) is 7.39. The summed E-state index contributed by atoms with van der Waals surface area (Å²) in [5, 5.41) is 14.2. The van der Waals surface area contributed by atoms with Crippen molar-refractivity contribution >= 4 is 11.8 Å². The van der Waals surface area contributed by atoms with Crippen LogP contribution in [0.15, 0.2) is 30.3 Å². The van der Waals surface area contributed by atoms with Crippen LogP contribution in [-0.2, 0) is 12.7 Å². The number of aliphatic hydroxyl groups is 1. The second-order valence-electron chi connectivity index (χ2n) is 4.95. The third kappa shape index (κ3) is 5.10. The van der Waals surface area contributed by atoms with Crippen LogP contribution >= 0.6 is 0 Å². The standard InChI is InChI=1S/C15H17F3N4O/c1-10-3-2-4-11(7-10)9-20-13-8-12(15(16,17)18)21-14(22-13)19-5-6-23/h2-4,7-8,23H,5-6,9H2,1H3,(H2,19,20,21,22). The first-order valence-corrected chi connectivity index (χ1v) is 6.99. The Bertz CT molecular complexity index is 661. The van der Waals surface area contributed by atoms with Gasteiger partial charge in [0.05, 0.1) is 6.61 Å². The molecule has 3 N–H and O–H groups in total. The number of hydrogen-bond donors (Lipinski definition) is 3. The molecule has 0 atom stereocenters. The summed E-state index contributed by atoms with van der Waals surface area (Å²) >= 11 is 0. The predicted octanol–water partition coefficient (Wildman–Crippen LogP) is 2.82. The van der Waals surface area contributed by atoms with Gasteiger partial charge in [-0.15, -0.1) is 0 Å². The highest BCUT2D eigenvalue weighted by Gasteiger charge is 2.33. The van der Waals surface area contributed by atoms with Crippen LogP contribution in [-0.4, -0.2) is 28.2 Å². The second kappa shape index (κ2) is 7.28. The number of alkyl halides is 3. The van der Waals surface area contributed by atoms with Gasteiger partial charge < -0.3 is 15.7 Å². The lowest BCUT2D eigenvalue weighted by molar-refractivity contribution is -0.141. The van der Waals surface area contributed by atoms with Crippen LogP contribution in [0.3, 0.4) is 0 Å². The highest BCUT2D eigenvalue weighted by Crippen LogP contribution is 2.29. The molecule has 5 nitrogen and oxygen atoms in total. The van der Waals surface area contributed by atoms with E-state index >= 15 is 0 Å². The lowest BCUT2D eigenvalue weighted by Gasteiger charge is -2.12. The molecule has 1 aromatic heterocycles. The van der Waals surface area contributed by atoms with Gasteiger partial charge in [-0.2, -0.15) is 18.2 Å². The molecule has 0 radical (unpaired) electrons. The minimum Gasteiger partial charge on any atom is -0.395 e. The molecule has 0 amide bonds. The summed E-state index contributed by atoms with van der Waals surface area (Å²) in [5.41, 5.74) is 0.954. The molecule has 1 aromatic carbocycles. The molecular formula is C15H17F3N4O. The topological polar surface area (TPSA) is 70.1 Å². The number of aliphatic hydroxyl groups excluding tert-OH is 1. The summed E-state index contributed by atoms with van der Waals surface area (Å²) < 4.78 is 38.7. The molecule has 8 heteroatoms. The molecular weight excluding hydrogens is 309 g/mol. The first-order valence-electron chi connectivity index (χ1n) is 6.99. The van der Waals surface area contributed by atoms with Crippen LogP contribution in [0.2, 0.25) is 0 Å². The van der Waals surface area contributed by atoms with Crippen LogP contribution in [0.1, 0.15) is 16.8 Å². The van der Waals surface area contributed by atoms with Crippen LogP contribution in [0.25, 0.3) is 0 Å². The smallest absolute Gasteiger partial charge is 0.395 e. The van der Waals surface area contributed by atoms with Crippen molar-refractivity contribution in [1.29, 1.82) is 0 Å². The summed E-state index contributed by atoms with van der Waals surface area (Å²) in [7, 11) is 0. The van der Waals surface area contributed by atoms with Crippen molar-refractivity contribution in [2.45, 2.75) is 19.6 Å². The second-order valence-corrected chi connectivity index (χ2v) is 4.95. The van der Waals surface area contributed by atoms with Gasteiger partial charge in [0.1, 0.15) is 5.82 Å². The average Bonchev–Trinajstić information content (AvgIpc) is 2.50. The Morgan fingerprint density at radius 3 is 2.57 bits per heavy atom. The number of aryl methyl sites for hydroxylation is 1. The van der Waals surface area contributed by atoms with Crippen LogP contribution in [0, 0.1) is 6.92 Å². The summed E-state index contributed by atoms with van der Waals surface area (Å²) in [6, 6.07) is 8.48. The molecule has 0 saturated heterocycles. The van der Waals surface area contributed by atoms with E-state index in [4.69, 9.17) is 5.11 Å². The Hall–Kier alpha value is -2.35. The van der Waals surface area contributed by atoms with Gasteiger partial charge in [0, 0.05) is 19.2 Å². The van der Waals surface area contributed by atoms with Crippen molar-refractivity contribution in [3.05, 3.63) is 47.2 Å². The van der Waals surface area contributed by atoms with E-state index in [2.05, 4.69) is 20.6 Å². The van der Waals surface area contributed by atoms with Gasteiger partial charge in [-0.05, 0) is 12.5 Å². The molecule has 0 unspecified atom stereocenters. The van der Waals surface area contributed by atoms with E-state index in [1.54, 1.807) is 0 Å². The lowest BCUT2D eigenvalue weighted by atomic mass is 10.1. The van der Waals surface area contributed by atoms with Gasteiger partial charge in [0.2, 0.25) is 5.95 Å². The zero-order valence-electron chi connectivity index (χ0n) is 12.5. The predicted molar refractivity (Wildman–Crippen MR) is 81.1 cm³/mol. The fraction of sp³-hybridized carbons (Fsp3) is 0.333. The van der Waals surface area contributed by atoms with Gasteiger partial charge in [-0.1, -0.05) is 29.8 Å². The molecule has 124 valence electrons. The lowest BCUT2D eigenvalue weighted by Crippen LogP contribution is -2.15. The maximum atomic E-state index is 12.9. The third-order valence-corrected chi connectivity index (χ3v) is 2.97. The number of nitrogens with one attached hydrogen (secondary N) is 2. The molecule has 0 saturated carbocycles. The molecule has 0 aliphatic heterocycles. The van der Waals surface area contributed by atoms with E-state index in [0.29, 0.717) is 6.54 Å². The number of benzene rings is 1. The normalized spacial score (nSPS) is 11.3.